The first-order valence-electron chi connectivity index (χ1n) is 15.1. The molecular weight excluding hydrogens is 522 g/mol. The van der Waals surface area contributed by atoms with Crippen LogP contribution in [-0.4, -0.2) is 60.1 Å². The van der Waals surface area contributed by atoms with Crippen LogP contribution in [0.25, 0.3) is 0 Å². The number of aryl methyl sites for hydroxylation is 2. The molecule has 2 heterocycles. The Morgan fingerprint density at radius 3 is 2.51 bits per heavy atom. The van der Waals surface area contributed by atoms with Gasteiger partial charge in [-0.1, -0.05) is 19.3 Å². The number of pyridine rings is 1. The highest BCUT2D eigenvalue weighted by Crippen LogP contribution is 2.24. The number of halogens is 2. The van der Waals surface area contributed by atoms with Gasteiger partial charge in [0, 0.05) is 42.8 Å². The number of carbonyl (C=O) groups is 1. The lowest BCUT2D eigenvalue weighted by Crippen LogP contribution is -2.49. The topological polar surface area (TPSA) is 93.1 Å². The second-order valence-electron chi connectivity index (χ2n) is 11.7. The Hall–Kier alpha value is -2.93. The molecule has 0 radical (unpaired) electrons. The highest BCUT2D eigenvalue weighted by molar-refractivity contribution is 5.96. The number of carbonyl (C=O) groups excluding carboxylic acids is 1. The summed E-state index contributed by atoms with van der Waals surface area (Å²) in [6.45, 7) is 8.68. The summed E-state index contributed by atoms with van der Waals surface area (Å²) < 4.78 is 28.9. The van der Waals surface area contributed by atoms with Crippen molar-refractivity contribution in [3.8, 4) is 6.07 Å². The zero-order valence-corrected chi connectivity index (χ0v) is 24.6. The monoisotopic (exact) mass is 566 g/mol. The van der Waals surface area contributed by atoms with Gasteiger partial charge in [0.05, 0.1) is 11.3 Å². The van der Waals surface area contributed by atoms with E-state index in [1.54, 1.807) is 13.0 Å². The minimum Gasteiger partial charge on any atom is -0.352 e. The van der Waals surface area contributed by atoms with Gasteiger partial charge in [-0.25, -0.2) is 13.8 Å². The van der Waals surface area contributed by atoms with Gasteiger partial charge in [0.2, 0.25) is 0 Å². The van der Waals surface area contributed by atoms with Crippen molar-refractivity contribution in [2.75, 3.05) is 26.2 Å². The van der Waals surface area contributed by atoms with Crippen molar-refractivity contribution < 1.29 is 13.6 Å². The molecule has 41 heavy (non-hydrogen) atoms. The maximum Gasteiger partial charge on any atom is 0.253 e. The fraction of sp³-hybridized carbons (Fsp3) is 0.594. The first kappa shape index (κ1) is 31.0. The number of nitrogens with zero attached hydrogens (tertiary/aromatic N) is 3. The Morgan fingerprint density at radius 1 is 1.10 bits per heavy atom. The first-order valence-corrected chi connectivity index (χ1v) is 15.1. The van der Waals surface area contributed by atoms with Crippen LogP contribution in [0.15, 0.2) is 24.3 Å². The molecule has 1 saturated carbocycles. The van der Waals surface area contributed by atoms with Crippen molar-refractivity contribution in [3.63, 3.8) is 0 Å². The van der Waals surface area contributed by atoms with E-state index in [0.717, 1.165) is 50.8 Å². The first-order chi connectivity index (χ1) is 19.7. The predicted octanol–water partition coefficient (Wildman–Crippen LogP) is 5.07. The molecule has 2 atom stereocenters. The van der Waals surface area contributed by atoms with Gasteiger partial charge >= 0.3 is 0 Å². The van der Waals surface area contributed by atoms with E-state index in [-0.39, 0.29) is 23.8 Å². The summed E-state index contributed by atoms with van der Waals surface area (Å²) in [5.74, 6) is -0.948. The van der Waals surface area contributed by atoms with E-state index >= 15 is 0 Å². The Balaban J connectivity index is 1.26. The number of aromatic nitrogens is 1. The van der Waals surface area contributed by atoms with Crippen molar-refractivity contribution in [3.05, 3.63) is 64.0 Å². The lowest BCUT2D eigenvalue weighted by atomic mass is 9.94. The Bertz CT molecular complexity index is 1190. The lowest BCUT2D eigenvalue weighted by Gasteiger charge is -2.38. The van der Waals surface area contributed by atoms with Crippen LogP contribution in [0.1, 0.15) is 97.2 Å². The van der Waals surface area contributed by atoms with Gasteiger partial charge in [0.1, 0.15) is 23.4 Å². The Labute approximate surface area is 243 Å². The summed E-state index contributed by atoms with van der Waals surface area (Å²) in [5.41, 5.74) is 2.55. The zero-order chi connectivity index (χ0) is 29.4. The molecule has 9 heteroatoms. The van der Waals surface area contributed by atoms with Crippen LogP contribution >= 0.6 is 0 Å². The van der Waals surface area contributed by atoms with Gasteiger partial charge in [-0.2, -0.15) is 5.26 Å². The van der Waals surface area contributed by atoms with Gasteiger partial charge in [0.25, 0.3) is 5.91 Å². The van der Waals surface area contributed by atoms with Crippen molar-refractivity contribution in [2.24, 2.45) is 0 Å². The number of amides is 1. The van der Waals surface area contributed by atoms with Gasteiger partial charge in [-0.05, 0) is 95.8 Å². The molecule has 1 amide bonds. The van der Waals surface area contributed by atoms with Crippen LogP contribution in [0.5, 0.6) is 0 Å². The predicted molar refractivity (Wildman–Crippen MR) is 157 cm³/mol. The van der Waals surface area contributed by atoms with Crippen LogP contribution in [0.3, 0.4) is 0 Å². The van der Waals surface area contributed by atoms with Gasteiger partial charge in [-0.15, -0.1) is 0 Å². The molecule has 2 unspecified atom stereocenters. The van der Waals surface area contributed by atoms with Crippen molar-refractivity contribution in [1.29, 1.82) is 5.26 Å². The zero-order valence-electron chi connectivity index (χ0n) is 24.6. The third-order valence-corrected chi connectivity index (χ3v) is 8.73. The number of benzene rings is 1. The van der Waals surface area contributed by atoms with E-state index < -0.39 is 5.82 Å². The number of piperidine rings is 1. The molecule has 3 N–H and O–H groups in total. The van der Waals surface area contributed by atoms with E-state index in [0.29, 0.717) is 47.7 Å². The molecule has 4 rings (SSSR count). The molecule has 2 fully saturated rings. The summed E-state index contributed by atoms with van der Waals surface area (Å²) >= 11 is 0. The average Bonchev–Trinajstić information content (AvgIpc) is 2.97. The van der Waals surface area contributed by atoms with Crippen molar-refractivity contribution >= 4 is 5.91 Å². The van der Waals surface area contributed by atoms with E-state index in [1.807, 2.05) is 13.0 Å². The quantitative estimate of drug-likeness (QED) is 0.352. The fourth-order valence-electron chi connectivity index (χ4n) is 6.32. The maximum atomic E-state index is 14.8. The number of hydrogen-bond donors (Lipinski definition) is 3. The molecule has 1 aliphatic heterocycles. The van der Waals surface area contributed by atoms with Gasteiger partial charge < -0.3 is 20.9 Å². The molecular formula is C32H44F2N6O. The smallest absolute Gasteiger partial charge is 0.253 e. The van der Waals surface area contributed by atoms with Crippen LogP contribution < -0.4 is 16.0 Å². The van der Waals surface area contributed by atoms with Gasteiger partial charge in [0.15, 0.2) is 0 Å². The highest BCUT2D eigenvalue weighted by atomic mass is 19.1. The summed E-state index contributed by atoms with van der Waals surface area (Å²) in [7, 11) is 0. The summed E-state index contributed by atoms with van der Waals surface area (Å²) in [5, 5.41) is 19.4. The number of rotatable bonds is 11. The fourth-order valence-corrected chi connectivity index (χ4v) is 6.32. The van der Waals surface area contributed by atoms with E-state index in [1.165, 1.54) is 37.5 Å². The normalized spacial score (nSPS) is 18.5. The van der Waals surface area contributed by atoms with Gasteiger partial charge in [-0.3, -0.25) is 4.79 Å². The third-order valence-electron chi connectivity index (χ3n) is 8.73. The molecule has 7 nitrogen and oxygen atoms in total. The summed E-state index contributed by atoms with van der Waals surface area (Å²) in [6.07, 6.45) is 8.64. The third kappa shape index (κ3) is 8.54. The van der Waals surface area contributed by atoms with E-state index in [4.69, 9.17) is 5.26 Å². The van der Waals surface area contributed by atoms with Crippen molar-refractivity contribution in [2.45, 2.75) is 96.3 Å². The standard InChI is InChI=1S/C32H44F2N6O/c1-21-17-27(19-35)38-23(3)31(21)32(41)36-14-11-22(2)40-15-12-26(13-16-40)39-30(20-37-25-7-5-4-6-8-25)28-18-24(33)9-10-29(28)34/h9-10,17-18,22,25-26,30,37,39H,4-8,11-16,20H2,1-3H3,(H,36,41). The molecule has 0 spiro atoms. The molecule has 0 bridgehead atoms. The second kappa shape index (κ2) is 14.8. The maximum absolute atomic E-state index is 14.8. The molecule has 222 valence electrons. The number of nitrogens with one attached hydrogen (secondary N) is 3. The summed E-state index contributed by atoms with van der Waals surface area (Å²) in [6, 6.07) is 8.06. The van der Waals surface area contributed by atoms with Crippen LogP contribution in [0.4, 0.5) is 8.78 Å². The SMILES string of the molecule is Cc1cc(C#N)nc(C)c1C(=O)NCCC(C)N1CCC(NC(CNC2CCCCC2)c2cc(F)ccc2F)CC1. The molecule has 1 saturated heterocycles. The van der Waals surface area contributed by atoms with Crippen LogP contribution in [0, 0.1) is 36.8 Å². The van der Waals surface area contributed by atoms with Crippen molar-refractivity contribution in [1.82, 2.24) is 25.8 Å². The number of likely N-dealkylation sites (tertiary alicyclic amines) is 1. The molecule has 1 aromatic heterocycles. The molecule has 1 aromatic carbocycles. The highest BCUT2D eigenvalue weighted by Gasteiger charge is 2.27. The van der Waals surface area contributed by atoms with E-state index in [2.05, 4.69) is 32.8 Å². The average molecular weight is 567 g/mol. The van der Waals surface area contributed by atoms with Crippen LogP contribution in [-0.2, 0) is 0 Å². The molecule has 2 aliphatic rings. The number of hydrogen-bond acceptors (Lipinski definition) is 6. The largest absolute Gasteiger partial charge is 0.352 e. The number of nitriles is 1. The minimum absolute atomic E-state index is 0.162. The van der Waals surface area contributed by atoms with E-state index in [9.17, 15) is 13.6 Å². The molecule has 2 aromatic rings. The Kier molecular flexibility index (Phi) is 11.2. The second-order valence-corrected chi connectivity index (χ2v) is 11.7. The minimum atomic E-state index is -0.414. The van der Waals surface area contributed by atoms with Crippen LogP contribution in [0.2, 0.25) is 0 Å². The molecule has 1 aliphatic carbocycles. The summed E-state index contributed by atoms with van der Waals surface area (Å²) in [4.78, 5) is 19.4. The lowest BCUT2D eigenvalue weighted by molar-refractivity contribution is 0.0942. The Morgan fingerprint density at radius 2 is 1.83 bits per heavy atom.